The summed E-state index contributed by atoms with van der Waals surface area (Å²) < 4.78 is 5.13. The van der Waals surface area contributed by atoms with Crippen molar-refractivity contribution in [3.63, 3.8) is 0 Å². The highest BCUT2D eigenvalue weighted by molar-refractivity contribution is 5.48. The van der Waals surface area contributed by atoms with Crippen LogP contribution in [0.5, 0.6) is 5.75 Å². The lowest BCUT2D eigenvalue weighted by atomic mass is 10.0. The van der Waals surface area contributed by atoms with Crippen molar-refractivity contribution in [3.8, 4) is 5.75 Å². The first-order valence-corrected chi connectivity index (χ1v) is 6.93. The lowest BCUT2D eigenvalue weighted by Gasteiger charge is -2.04. The molecular weight excluding hydrogens is 224 g/mol. The summed E-state index contributed by atoms with van der Waals surface area (Å²) in [6.07, 6.45) is 10.2. The number of benzene rings is 1. The Kier molecular flexibility index (Phi) is 7.94. The van der Waals surface area contributed by atoms with Crippen LogP contribution in [-0.4, -0.2) is 13.4 Å². The third-order valence-corrected chi connectivity index (χ3v) is 3.20. The van der Waals surface area contributed by atoms with Gasteiger partial charge >= 0.3 is 0 Å². The van der Waals surface area contributed by atoms with E-state index in [-0.39, 0.29) is 0 Å². The normalized spacial score (nSPS) is 10.3. The van der Waals surface area contributed by atoms with Crippen molar-refractivity contribution in [1.29, 1.82) is 0 Å². The Labute approximate surface area is 110 Å². The lowest BCUT2D eigenvalue weighted by Crippen LogP contribution is -1.88. The van der Waals surface area contributed by atoms with Crippen LogP contribution in [-0.2, 0) is 11.2 Å². The molecule has 0 bridgehead atoms. The highest BCUT2D eigenvalue weighted by Crippen LogP contribution is 2.14. The molecule has 1 aromatic rings. The molecule has 0 saturated carbocycles. The summed E-state index contributed by atoms with van der Waals surface area (Å²) in [6, 6.07) is 8.33. The predicted octanol–water partition coefficient (Wildman–Crippen LogP) is 4.17. The van der Waals surface area contributed by atoms with Gasteiger partial charge in [-0.15, -0.1) is 0 Å². The molecule has 0 aliphatic carbocycles. The van der Waals surface area contributed by atoms with Gasteiger partial charge in [0.05, 0.1) is 7.11 Å². The average Bonchev–Trinajstić information content (AvgIpc) is 2.42. The smallest absolute Gasteiger partial charge is 0.119 e. The molecule has 0 aliphatic rings. The van der Waals surface area contributed by atoms with E-state index in [4.69, 9.17) is 4.74 Å². The van der Waals surface area contributed by atoms with E-state index in [1.807, 2.05) is 12.1 Å². The number of hydrogen-bond donors (Lipinski definition) is 0. The third-order valence-electron chi connectivity index (χ3n) is 3.20. The number of rotatable bonds is 10. The van der Waals surface area contributed by atoms with Crippen LogP contribution >= 0.6 is 0 Å². The molecule has 0 aromatic heterocycles. The molecule has 0 fully saturated rings. The number of carbonyl (C=O) groups is 1. The lowest BCUT2D eigenvalue weighted by molar-refractivity contribution is -0.107. The van der Waals surface area contributed by atoms with Crippen LogP contribution in [0.1, 0.15) is 50.5 Å². The summed E-state index contributed by atoms with van der Waals surface area (Å²) in [5, 5.41) is 0. The van der Waals surface area contributed by atoms with Gasteiger partial charge in [-0.2, -0.15) is 0 Å². The van der Waals surface area contributed by atoms with Crippen molar-refractivity contribution >= 4 is 6.29 Å². The highest BCUT2D eigenvalue weighted by Gasteiger charge is 1.95. The van der Waals surface area contributed by atoms with E-state index in [1.165, 1.54) is 37.7 Å². The van der Waals surface area contributed by atoms with Gasteiger partial charge in [-0.25, -0.2) is 0 Å². The first-order valence-electron chi connectivity index (χ1n) is 6.93. The summed E-state index contributed by atoms with van der Waals surface area (Å²) in [7, 11) is 1.69. The number of aryl methyl sites for hydroxylation is 1. The Morgan fingerprint density at radius 1 is 0.944 bits per heavy atom. The van der Waals surface area contributed by atoms with E-state index >= 15 is 0 Å². The molecule has 0 atom stereocenters. The summed E-state index contributed by atoms with van der Waals surface area (Å²) in [4.78, 5) is 10.1. The molecule has 0 saturated heterocycles. The molecule has 2 heteroatoms. The highest BCUT2D eigenvalue weighted by atomic mass is 16.5. The Bertz CT molecular complexity index is 316. The van der Waals surface area contributed by atoms with Gasteiger partial charge in [0.15, 0.2) is 0 Å². The van der Waals surface area contributed by atoms with Crippen LogP contribution in [0.2, 0.25) is 0 Å². The maximum Gasteiger partial charge on any atom is 0.119 e. The summed E-state index contributed by atoms with van der Waals surface area (Å²) >= 11 is 0. The average molecular weight is 248 g/mol. The zero-order chi connectivity index (χ0) is 13.1. The second kappa shape index (κ2) is 9.69. The van der Waals surface area contributed by atoms with Crippen molar-refractivity contribution in [2.75, 3.05) is 7.11 Å². The molecule has 0 unspecified atom stereocenters. The Morgan fingerprint density at radius 3 is 2.17 bits per heavy atom. The molecule has 0 spiro atoms. The Balaban J connectivity index is 2.01. The zero-order valence-electron chi connectivity index (χ0n) is 11.4. The van der Waals surface area contributed by atoms with E-state index < -0.39 is 0 Å². The zero-order valence-corrected chi connectivity index (χ0v) is 11.4. The molecule has 0 N–H and O–H groups in total. The third kappa shape index (κ3) is 6.43. The van der Waals surface area contributed by atoms with Crippen LogP contribution in [0, 0.1) is 0 Å². The fraction of sp³-hybridized carbons (Fsp3) is 0.562. The minimum absolute atomic E-state index is 0.728. The van der Waals surface area contributed by atoms with Gasteiger partial charge in [0.2, 0.25) is 0 Å². The van der Waals surface area contributed by atoms with Gasteiger partial charge in [0, 0.05) is 6.42 Å². The minimum atomic E-state index is 0.728. The molecular formula is C16H24O2. The summed E-state index contributed by atoms with van der Waals surface area (Å²) in [5.41, 5.74) is 1.39. The van der Waals surface area contributed by atoms with Crippen LogP contribution in [0.4, 0.5) is 0 Å². The van der Waals surface area contributed by atoms with Crippen molar-refractivity contribution in [3.05, 3.63) is 29.8 Å². The molecule has 18 heavy (non-hydrogen) atoms. The van der Waals surface area contributed by atoms with E-state index in [2.05, 4.69) is 12.1 Å². The first kappa shape index (κ1) is 14.7. The van der Waals surface area contributed by atoms with E-state index in [0.717, 1.165) is 31.3 Å². The SMILES string of the molecule is COc1ccc(CCCCCCCCC=O)cc1. The maximum absolute atomic E-state index is 10.1. The maximum atomic E-state index is 10.1. The molecule has 100 valence electrons. The number of hydrogen-bond acceptors (Lipinski definition) is 2. The fourth-order valence-electron chi connectivity index (χ4n) is 2.06. The van der Waals surface area contributed by atoms with Crippen molar-refractivity contribution in [2.45, 2.75) is 51.4 Å². The van der Waals surface area contributed by atoms with Gasteiger partial charge in [-0.05, 0) is 37.0 Å². The molecule has 1 rings (SSSR count). The Hall–Kier alpha value is -1.31. The van der Waals surface area contributed by atoms with Gasteiger partial charge in [0.1, 0.15) is 12.0 Å². The number of methoxy groups -OCH3 is 1. The number of unbranched alkanes of at least 4 members (excludes halogenated alkanes) is 6. The molecule has 0 amide bonds. The van der Waals surface area contributed by atoms with Gasteiger partial charge in [-0.3, -0.25) is 0 Å². The molecule has 2 nitrogen and oxygen atoms in total. The molecule has 0 aliphatic heterocycles. The van der Waals surface area contributed by atoms with E-state index in [1.54, 1.807) is 7.11 Å². The first-order chi connectivity index (χ1) is 8.86. The molecule has 0 radical (unpaired) electrons. The van der Waals surface area contributed by atoms with Crippen molar-refractivity contribution in [1.82, 2.24) is 0 Å². The monoisotopic (exact) mass is 248 g/mol. The predicted molar refractivity (Wildman–Crippen MR) is 75.1 cm³/mol. The van der Waals surface area contributed by atoms with E-state index in [9.17, 15) is 4.79 Å². The number of aldehydes is 1. The van der Waals surface area contributed by atoms with Gasteiger partial charge < -0.3 is 9.53 Å². The second-order valence-electron chi connectivity index (χ2n) is 4.67. The van der Waals surface area contributed by atoms with Crippen molar-refractivity contribution < 1.29 is 9.53 Å². The van der Waals surface area contributed by atoms with E-state index in [0.29, 0.717) is 0 Å². The standard InChI is InChI=1S/C16H24O2/c1-18-16-12-10-15(11-13-16)9-7-5-3-2-4-6-8-14-17/h10-14H,2-9H2,1H3. The molecule has 0 heterocycles. The van der Waals surface area contributed by atoms with Crippen molar-refractivity contribution in [2.24, 2.45) is 0 Å². The summed E-state index contributed by atoms with van der Waals surface area (Å²) in [6.45, 7) is 0. The fourth-order valence-corrected chi connectivity index (χ4v) is 2.06. The largest absolute Gasteiger partial charge is 0.497 e. The Morgan fingerprint density at radius 2 is 1.56 bits per heavy atom. The van der Waals surface area contributed by atoms with Crippen LogP contribution in [0.15, 0.2) is 24.3 Å². The summed E-state index contributed by atoms with van der Waals surface area (Å²) in [5.74, 6) is 0.925. The topological polar surface area (TPSA) is 26.3 Å². The molecule has 1 aromatic carbocycles. The van der Waals surface area contributed by atoms with Crippen LogP contribution in [0.25, 0.3) is 0 Å². The van der Waals surface area contributed by atoms with Gasteiger partial charge in [-0.1, -0.05) is 37.8 Å². The quantitative estimate of drug-likeness (QED) is 0.459. The van der Waals surface area contributed by atoms with Crippen LogP contribution in [0.3, 0.4) is 0 Å². The minimum Gasteiger partial charge on any atom is -0.497 e. The number of ether oxygens (including phenoxy) is 1. The van der Waals surface area contributed by atoms with Gasteiger partial charge in [0.25, 0.3) is 0 Å². The second-order valence-corrected chi connectivity index (χ2v) is 4.67. The number of carbonyl (C=O) groups excluding carboxylic acids is 1. The van der Waals surface area contributed by atoms with Crippen LogP contribution < -0.4 is 4.74 Å².